The Hall–Kier alpha value is -1.92. The molecule has 0 aromatic rings. The summed E-state index contributed by atoms with van der Waals surface area (Å²) in [6, 6.07) is -0.666. The molecule has 346 valence electrons. The first-order valence-electron chi connectivity index (χ1n) is 25.8. The molecule has 0 aliphatic heterocycles. The SMILES string of the molecule is CCCCCCCC/C=C\CCCCCCCCCC(=O)OCCCCCC/C=C\CCCC(=O)NC(CO)C(O)/C=C/CCCCCCCCCCCCCCCC. The number of aliphatic hydroxyl groups is 2. The highest BCUT2D eigenvalue weighted by Gasteiger charge is 2.17. The van der Waals surface area contributed by atoms with Crippen LogP contribution in [0.4, 0.5) is 0 Å². The minimum Gasteiger partial charge on any atom is -0.466 e. The van der Waals surface area contributed by atoms with Gasteiger partial charge in [0.25, 0.3) is 0 Å². The largest absolute Gasteiger partial charge is 0.466 e. The van der Waals surface area contributed by atoms with E-state index in [2.05, 4.69) is 43.5 Å². The van der Waals surface area contributed by atoms with Gasteiger partial charge in [0.05, 0.1) is 25.4 Å². The third-order valence-corrected chi connectivity index (χ3v) is 11.6. The first kappa shape index (κ1) is 57.1. The number of hydrogen-bond acceptors (Lipinski definition) is 5. The zero-order valence-electron chi connectivity index (χ0n) is 39.2. The van der Waals surface area contributed by atoms with Crippen LogP contribution in [0, 0.1) is 0 Å². The van der Waals surface area contributed by atoms with Gasteiger partial charge < -0.3 is 20.3 Å². The van der Waals surface area contributed by atoms with Gasteiger partial charge in [-0.1, -0.05) is 211 Å². The number of nitrogens with one attached hydrogen (secondary N) is 1. The third kappa shape index (κ3) is 45.4. The van der Waals surface area contributed by atoms with E-state index in [9.17, 15) is 19.8 Å². The smallest absolute Gasteiger partial charge is 0.305 e. The molecular formula is C53H99NO5. The van der Waals surface area contributed by atoms with Crippen LogP contribution in [-0.4, -0.2) is 47.4 Å². The highest BCUT2D eigenvalue weighted by atomic mass is 16.5. The summed E-state index contributed by atoms with van der Waals surface area (Å²) in [5.74, 6) is -0.171. The molecule has 0 fully saturated rings. The quantitative estimate of drug-likeness (QED) is 0.0323. The maximum atomic E-state index is 12.4. The summed E-state index contributed by atoms with van der Waals surface area (Å²) in [4.78, 5) is 24.5. The molecule has 2 atom stereocenters. The Labute approximate surface area is 366 Å². The summed E-state index contributed by atoms with van der Waals surface area (Å²) in [5.41, 5.74) is 0. The van der Waals surface area contributed by atoms with Crippen molar-refractivity contribution in [2.75, 3.05) is 13.2 Å². The van der Waals surface area contributed by atoms with E-state index in [0.717, 1.165) is 70.6 Å². The van der Waals surface area contributed by atoms with Crippen molar-refractivity contribution in [3.8, 4) is 0 Å². The fourth-order valence-corrected chi connectivity index (χ4v) is 7.63. The molecule has 3 N–H and O–H groups in total. The van der Waals surface area contributed by atoms with Crippen LogP contribution in [0.3, 0.4) is 0 Å². The van der Waals surface area contributed by atoms with Crippen molar-refractivity contribution in [1.29, 1.82) is 0 Å². The standard InChI is InChI=1S/C53H99NO5/c1-3-5-7-9-11-13-15-17-19-21-23-25-27-31-35-39-43-47-53(58)59-48-44-40-36-32-28-30-34-38-42-46-52(57)54-50(49-55)51(56)45-41-37-33-29-26-24-22-20-18-16-14-12-10-8-6-4-2/h17,19,30,34,41,45,50-51,55-56H,3-16,18,20-29,31-33,35-40,42-44,46-49H2,1-2H3,(H,54,57)/b19-17-,34-30-,45-41+. The van der Waals surface area contributed by atoms with Crippen molar-refractivity contribution in [3.63, 3.8) is 0 Å². The van der Waals surface area contributed by atoms with Crippen molar-refractivity contribution >= 4 is 11.9 Å². The van der Waals surface area contributed by atoms with E-state index < -0.39 is 12.1 Å². The molecule has 0 saturated heterocycles. The van der Waals surface area contributed by atoms with Crippen LogP contribution in [0.25, 0.3) is 0 Å². The average molecular weight is 830 g/mol. The Morgan fingerprint density at radius 2 is 0.814 bits per heavy atom. The van der Waals surface area contributed by atoms with Crippen LogP contribution in [0.1, 0.15) is 264 Å². The van der Waals surface area contributed by atoms with Crippen LogP contribution in [0.15, 0.2) is 36.5 Å². The molecule has 2 unspecified atom stereocenters. The van der Waals surface area contributed by atoms with Gasteiger partial charge in [-0.25, -0.2) is 0 Å². The van der Waals surface area contributed by atoms with Gasteiger partial charge in [-0.3, -0.25) is 9.59 Å². The normalized spacial score (nSPS) is 12.9. The lowest BCUT2D eigenvalue weighted by Crippen LogP contribution is -2.45. The molecule has 0 saturated carbocycles. The number of carbonyl (C=O) groups excluding carboxylic acids is 2. The van der Waals surface area contributed by atoms with Crippen molar-refractivity contribution in [1.82, 2.24) is 5.32 Å². The molecule has 0 aromatic heterocycles. The molecule has 1 amide bonds. The van der Waals surface area contributed by atoms with E-state index >= 15 is 0 Å². The summed E-state index contributed by atoms with van der Waals surface area (Å²) in [7, 11) is 0. The van der Waals surface area contributed by atoms with Gasteiger partial charge in [-0.2, -0.15) is 0 Å². The Kier molecular flexibility index (Phi) is 47.2. The lowest BCUT2D eigenvalue weighted by Gasteiger charge is -2.19. The maximum absolute atomic E-state index is 12.4. The molecule has 0 spiro atoms. The zero-order valence-corrected chi connectivity index (χ0v) is 39.2. The van der Waals surface area contributed by atoms with Gasteiger partial charge >= 0.3 is 5.97 Å². The van der Waals surface area contributed by atoms with E-state index in [0.29, 0.717) is 19.4 Å². The van der Waals surface area contributed by atoms with Crippen LogP contribution in [0.5, 0.6) is 0 Å². The first-order chi connectivity index (χ1) is 29.0. The van der Waals surface area contributed by atoms with Crippen molar-refractivity contribution < 1.29 is 24.5 Å². The summed E-state index contributed by atoms with van der Waals surface area (Å²) in [5, 5.41) is 23.0. The van der Waals surface area contributed by atoms with E-state index in [4.69, 9.17) is 4.74 Å². The van der Waals surface area contributed by atoms with Crippen LogP contribution < -0.4 is 5.32 Å². The van der Waals surface area contributed by atoms with Gasteiger partial charge in [0.1, 0.15) is 0 Å². The highest BCUT2D eigenvalue weighted by molar-refractivity contribution is 5.76. The number of rotatable bonds is 47. The molecule has 0 heterocycles. The number of aliphatic hydroxyl groups excluding tert-OH is 2. The Morgan fingerprint density at radius 1 is 0.458 bits per heavy atom. The second-order valence-electron chi connectivity index (χ2n) is 17.5. The number of allylic oxidation sites excluding steroid dienone is 5. The van der Waals surface area contributed by atoms with Gasteiger partial charge in [0, 0.05) is 12.8 Å². The molecule has 59 heavy (non-hydrogen) atoms. The van der Waals surface area contributed by atoms with Crippen molar-refractivity contribution in [2.24, 2.45) is 0 Å². The molecule has 6 heteroatoms. The van der Waals surface area contributed by atoms with E-state index in [1.54, 1.807) is 6.08 Å². The summed E-state index contributed by atoms with van der Waals surface area (Å²) in [6.45, 7) is 4.80. The van der Waals surface area contributed by atoms with E-state index in [1.807, 2.05) is 6.08 Å². The molecule has 0 aliphatic rings. The summed E-state index contributed by atoms with van der Waals surface area (Å²) >= 11 is 0. The van der Waals surface area contributed by atoms with Crippen LogP contribution >= 0.6 is 0 Å². The molecule has 0 aromatic carbocycles. The lowest BCUT2D eigenvalue weighted by molar-refractivity contribution is -0.143. The Balaban J connectivity index is 3.57. The van der Waals surface area contributed by atoms with Crippen LogP contribution in [-0.2, 0) is 14.3 Å². The monoisotopic (exact) mass is 830 g/mol. The predicted molar refractivity (Wildman–Crippen MR) is 255 cm³/mol. The topological polar surface area (TPSA) is 95.9 Å². The maximum Gasteiger partial charge on any atom is 0.305 e. The second kappa shape index (κ2) is 48.7. The van der Waals surface area contributed by atoms with Crippen molar-refractivity contribution in [2.45, 2.75) is 276 Å². The highest BCUT2D eigenvalue weighted by Crippen LogP contribution is 2.15. The third-order valence-electron chi connectivity index (χ3n) is 11.6. The number of hydrogen-bond donors (Lipinski definition) is 3. The fourth-order valence-electron chi connectivity index (χ4n) is 7.63. The van der Waals surface area contributed by atoms with Gasteiger partial charge in [0.15, 0.2) is 0 Å². The second-order valence-corrected chi connectivity index (χ2v) is 17.5. The van der Waals surface area contributed by atoms with E-state index in [1.165, 1.54) is 167 Å². The first-order valence-corrected chi connectivity index (χ1v) is 25.8. The molecule has 0 bridgehead atoms. The molecule has 0 aliphatic carbocycles. The number of amides is 1. The van der Waals surface area contributed by atoms with Crippen molar-refractivity contribution in [3.05, 3.63) is 36.5 Å². The number of carbonyl (C=O) groups is 2. The Morgan fingerprint density at radius 3 is 1.24 bits per heavy atom. The molecule has 0 radical (unpaired) electrons. The predicted octanol–water partition coefficient (Wildman–Crippen LogP) is 15.3. The van der Waals surface area contributed by atoms with E-state index in [-0.39, 0.29) is 18.5 Å². The lowest BCUT2D eigenvalue weighted by atomic mass is 10.0. The van der Waals surface area contributed by atoms with Crippen LogP contribution in [0.2, 0.25) is 0 Å². The summed E-state index contributed by atoms with van der Waals surface area (Å²) in [6.07, 6.45) is 58.6. The molecule has 0 rings (SSSR count). The minimum atomic E-state index is -0.875. The van der Waals surface area contributed by atoms with Gasteiger partial charge in [-0.15, -0.1) is 0 Å². The average Bonchev–Trinajstić information content (AvgIpc) is 3.24. The number of unbranched alkanes of at least 4 members (excludes halogenated alkanes) is 32. The Bertz CT molecular complexity index is 962. The number of esters is 1. The van der Waals surface area contributed by atoms with Gasteiger partial charge in [-0.05, 0) is 77.0 Å². The molecular weight excluding hydrogens is 731 g/mol. The zero-order chi connectivity index (χ0) is 43.0. The van der Waals surface area contributed by atoms with Gasteiger partial charge in [0.2, 0.25) is 5.91 Å². The fraction of sp³-hybridized carbons (Fsp3) is 0.849. The number of ether oxygens (including phenoxy) is 1. The molecule has 6 nitrogen and oxygen atoms in total. The minimum absolute atomic E-state index is 0.0418. The summed E-state index contributed by atoms with van der Waals surface area (Å²) < 4.78 is 5.44.